The lowest BCUT2D eigenvalue weighted by molar-refractivity contribution is 0.0966. The van der Waals surface area contributed by atoms with Crippen molar-refractivity contribution in [2.24, 2.45) is 0 Å². The molecule has 0 saturated heterocycles. The molecule has 0 aromatic carbocycles. The minimum atomic E-state index is -0.148. The summed E-state index contributed by atoms with van der Waals surface area (Å²) in [6, 6.07) is 7.20. The highest BCUT2D eigenvalue weighted by Crippen LogP contribution is 2.19. The molecule has 16 heavy (non-hydrogen) atoms. The Labute approximate surface area is 94.2 Å². The van der Waals surface area contributed by atoms with Crippen molar-refractivity contribution in [3.8, 4) is 0 Å². The zero-order valence-electron chi connectivity index (χ0n) is 9.00. The molecule has 1 unspecified atom stereocenters. The van der Waals surface area contributed by atoms with Gasteiger partial charge < -0.3 is 0 Å². The Morgan fingerprint density at radius 3 is 2.06 bits per heavy atom. The predicted octanol–water partition coefficient (Wildman–Crippen LogP) is 2.46. The third-order valence-electron chi connectivity index (χ3n) is 2.56. The van der Waals surface area contributed by atoms with Crippen LogP contribution in [0.25, 0.3) is 0 Å². The maximum Gasteiger partial charge on any atom is 0.170 e. The zero-order chi connectivity index (χ0) is 11.4. The van der Waals surface area contributed by atoms with Gasteiger partial charge in [0, 0.05) is 36.3 Å². The number of hydrogen-bond acceptors (Lipinski definition) is 3. The van der Waals surface area contributed by atoms with Crippen LogP contribution in [0.4, 0.5) is 0 Å². The predicted molar refractivity (Wildman–Crippen MR) is 61.2 cm³/mol. The molecule has 3 nitrogen and oxygen atoms in total. The van der Waals surface area contributed by atoms with Crippen LogP contribution in [0.2, 0.25) is 0 Å². The summed E-state index contributed by atoms with van der Waals surface area (Å²) in [6.45, 7) is 1.90. The number of pyridine rings is 2. The first-order valence-corrected chi connectivity index (χ1v) is 5.13. The van der Waals surface area contributed by atoms with Gasteiger partial charge in [-0.1, -0.05) is 6.92 Å². The van der Waals surface area contributed by atoms with Gasteiger partial charge in [0.05, 0.1) is 0 Å². The van der Waals surface area contributed by atoms with Crippen molar-refractivity contribution in [3.63, 3.8) is 0 Å². The molecule has 0 amide bonds. The summed E-state index contributed by atoms with van der Waals surface area (Å²) in [5, 5.41) is 0. The van der Waals surface area contributed by atoms with Crippen molar-refractivity contribution in [1.29, 1.82) is 0 Å². The largest absolute Gasteiger partial charge is 0.294 e. The van der Waals surface area contributed by atoms with Crippen molar-refractivity contribution in [1.82, 2.24) is 9.97 Å². The lowest BCUT2D eigenvalue weighted by Gasteiger charge is -2.09. The van der Waals surface area contributed by atoms with Crippen LogP contribution >= 0.6 is 0 Å². The molecule has 0 radical (unpaired) electrons. The van der Waals surface area contributed by atoms with E-state index in [0.717, 1.165) is 5.56 Å². The topological polar surface area (TPSA) is 42.9 Å². The van der Waals surface area contributed by atoms with Gasteiger partial charge in [0.1, 0.15) is 0 Å². The van der Waals surface area contributed by atoms with E-state index in [1.807, 2.05) is 19.1 Å². The standard InChI is InChI=1S/C13H12N2O/c1-10(11-2-6-14-7-3-11)13(16)12-4-8-15-9-5-12/h2-10H,1H3. The molecule has 2 rings (SSSR count). The van der Waals surface area contributed by atoms with Gasteiger partial charge in [0.15, 0.2) is 5.78 Å². The minimum absolute atomic E-state index is 0.105. The van der Waals surface area contributed by atoms with Crippen LogP contribution in [0, 0.1) is 0 Å². The van der Waals surface area contributed by atoms with Gasteiger partial charge in [-0.05, 0) is 29.8 Å². The normalized spacial score (nSPS) is 12.1. The van der Waals surface area contributed by atoms with E-state index in [1.165, 1.54) is 0 Å². The number of carbonyl (C=O) groups excluding carboxylic acids is 1. The quantitative estimate of drug-likeness (QED) is 0.734. The first-order chi connectivity index (χ1) is 7.79. The summed E-state index contributed by atoms with van der Waals surface area (Å²) in [5.74, 6) is -0.0426. The molecule has 0 N–H and O–H groups in total. The molecule has 0 saturated carbocycles. The van der Waals surface area contributed by atoms with Gasteiger partial charge >= 0.3 is 0 Å². The second kappa shape index (κ2) is 4.66. The van der Waals surface area contributed by atoms with Crippen LogP contribution in [0.1, 0.15) is 28.8 Å². The van der Waals surface area contributed by atoms with E-state index in [2.05, 4.69) is 9.97 Å². The molecule has 3 heteroatoms. The maximum atomic E-state index is 12.1. The number of rotatable bonds is 3. The molecule has 1 atom stereocenters. The lowest BCUT2D eigenvalue weighted by Crippen LogP contribution is -2.09. The highest BCUT2D eigenvalue weighted by atomic mass is 16.1. The van der Waals surface area contributed by atoms with Crippen molar-refractivity contribution >= 4 is 5.78 Å². The Morgan fingerprint density at radius 1 is 1.00 bits per heavy atom. The van der Waals surface area contributed by atoms with Crippen molar-refractivity contribution in [2.45, 2.75) is 12.8 Å². The summed E-state index contributed by atoms with van der Waals surface area (Å²) in [5.41, 5.74) is 1.68. The van der Waals surface area contributed by atoms with Gasteiger partial charge in [0.2, 0.25) is 0 Å². The molecule has 0 aliphatic heterocycles. The maximum absolute atomic E-state index is 12.1. The van der Waals surface area contributed by atoms with Crippen LogP contribution in [0.15, 0.2) is 49.1 Å². The highest BCUT2D eigenvalue weighted by molar-refractivity contribution is 6.00. The number of carbonyl (C=O) groups is 1. The second-order valence-corrected chi connectivity index (χ2v) is 3.60. The monoisotopic (exact) mass is 212 g/mol. The Kier molecular flexibility index (Phi) is 3.05. The number of hydrogen-bond donors (Lipinski definition) is 0. The van der Waals surface area contributed by atoms with E-state index in [0.29, 0.717) is 5.56 Å². The van der Waals surface area contributed by atoms with E-state index in [4.69, 9.17) is 0 Å². The Hall–Kier alpha value is -2.03. The summed E-state index contributed by atoms with van der Waals surface area (Å²) in [7, 11) is 0. The van der Waals surface area contributed by atoms with Gasteiger partial charge in [-0.25, -0.2) is 0 Å². The van der Waals surface area contributed by atoms with Gasteiger partial charge in [-0.15, -0.1) is 0 Å². The van der Waals surface area contributed by atoms with Crippen molar-refractivity contribution in [2.75, 3.05) is 0 Å². The smallest absolute Gasteiger partial charge is 0.170 e. The molecule has 2 heterocycles. The molecule has 0 fully saturated rings. The van der Waals surface area contributed by atoms with E-state index in [9.17, 15) is 4.79 Å². The molecule has 2 aromatic heterocycles. The van der Waals surface area contributed by atoms with E-state index < -0.39 is 0 Å². The third-order valence-corrected chi connectivity index (χ3v) is 2.56. The van der Waals surface area contributed by atoms with Crippen LogP contribution in [-0.4, -0.2) is 15.8 Å². The average Bonchev–Trinajstić information content (AvgIpc) is 2.39. The van der Waals surface area contributed by atoms with Gasteiger partial charge in [0.25, 0.3) is 0 Å². The summed E-state index contributed by atoms with van der Waals surface area (Å²) < 4.78 is 0. The summed E-state index contributed by atoms with van der Waals surface area (Å²) in [4.78, 5) is 19.9. The molecule has 0 aliphatic carbocycles. The fraction of sp³-hybridized carbons (Fsp3) is 0.154. The molecule has 80 valence electrons. The summed E-state index contributed by atoms with van der Waals surface area (Å²) >= 11 is 0. The first kappa shape index (κ1) is 10.5. The van der Waals surface area contributed by atoms with Gasteiger partial charge in [-0.3, -0.25) is 14.8 Å². The van der Waals surface area contributed by atoms with E-state index in [-0.39, 0.29) is 11.7 Å². The van der Waals surface area contributed by atoms with Crippen molar-refractivity contribution < 1.29 is 4.79 Å². The Bertz CT molecular complexity index is 468. The molecule has 0 spiro atoms. The van der Waals surface area contributed by atoms with Gasteiger partial charge in [-0.2, -0.15) is 0 Å². The van der Waals surface area contributed by atoms with E-state index in [1.54, 1.807) is 36.9 Å². The fourth-order valence-corrected chi connectivity index (χ4v) is 1.57. The zero-order valence-corrected chi connectivity index (χ0v) is 9.00. The number of nitrogens with zero attached hydrogens (tertiary/aromatic N) is 2. The van der Waals surface area contributed by atoms with E-state index >= 15 is 0 Å². The third kappa shape index (κ3) is 2.14. The van der Waals surface area contributed by atoms with Crippen LogP contribution in [0.5, 0.6) is 0 Å². The number of aromatic nitrogens is 2. The van der Waals surface area contributed by atoms with Crippen LogP contribution < -0.4 is 0 Å². The van der Waals surface area contributed by atoms with Crippen LogP contribution in [0.3, 0.4) is 0 Å². The van der Waals surface area contributed by atoms with Crippen LogP contribution in [-0.2, 0) is 0 Å². The second-order valence-electron chi connectivity index (χ2n) is 3.60. The molecular weight excluding hydrogens is 200 g/mol. The fourth-order valence-electron chi connectivity index (χ4n) is 1.57. The highest BCUT2D eigenvalue weighted by Gasteiger charge is 2.16. The molecule has 0 aliphatic rings. The molecule has 0 bridgehead atoms. The minimum Gasteiger partial charge on any atom is -0.294 e. The molecule has 2 aromatic rings. The Morgan fingerprint density at radius 2 is 1.50 bits per heavy atom. The lowest BCUT2D eigenvalue weighted by atomic mass is 9.94. The number of Topliss-reactive ketones (excluding diaryl/α,β-unsaturated/α-hetero) is 1. The average molecular weight is 212 g/mol. The molecular formula is C13H12N2O. The number of ketones is 1. The first-order valence-electron chi connectivity index (χ1n) is 5.13. The summed E-state index contributed by atoms with van der Waals surface area (Å²) in [6.07, 6.45) is 6.66. The van der Waals surface area contributed by atoms with Crippen molar-refractivity contribution in [3.05, 3.63) is 60.2 Å². The Balaban J connectivity index is 2.24. The SMILES string of the molecule is CC(C(=O)c1ccncc1)c1ccncc1.